The summed E-state index contributed by atoms with van der Waals surface area (Å²) >= 11 is 0. The molecular weight excluding hydrogens is 252 g/mol. The standard InChI is InChI=1S/C10H17F2NO2.2C2H6/c1-14-8-9(6-10(9,11)12)7-13-2-4-15-5-3-13;2*1-2/h2-8H2,1H3;2*1-2H3. The second kappa shape index (κ2) is 8.82. The number of nitrogens with zero attached hydrogens (tertiary/aromatic N) is 1. The molecule has 3 nitrogen and oxygen atoms in total. The number of ether oxygens (including phenoxy) is 2. The first-order valence-electron chi connectivity index (χ1n) is 7.27. The Labute approximate surface area is 116 Å². The average molecular weight is 281 g/mol. The van der Waals surface area contributed by atoms with Crippen molar-refractivity contribution in [3.8, 4) is 0 Å². The summed E-state index contributed by atoms with van der Waals surface area (Å²) in [6.45, 7) is 11.4. The van der Waals surface area contributed by atoms with Crippen LogP contribution in [-0.2, 0) is 9.47 Å². The minimum absolute atomic E-state index is 0.0365. The number of alkyl halides is 2. The van der Waals surface area contributed by atoms with E-state index >= 15 is 0 Å². The highest BCUT2D eigenvalue weighted by atomic mass is 19.3. The molecule has 0 N–H and O–H groups in total. The maximum absolute atomic E-state index is 13.3. The molecule has 0 aromatic rings. The van der Waals surface area contributed by atoms with Gasteiger partial charge in [-0.1, -0.05) is 27.7 Å². The summed E-state index contributed by atoms with van der Waals surface area (Å²) in [5, 5.41) is 0. The molecule has 1 saturated heterocycles. The van der Waals surface area contributed by atoms with Crippen molar-refractivity contribution in [2.24, 2.45) is 5.41 Å². The maximum atomic E-state index is 13.3. The lowest BCUT2D eigenvalue weighted by Gasteiger charge is -2.30. The zero-order valence-electron chi connectivity index (χ0n) is 13.0. The molecule has 1 atom stereocenters. The van der Waals surface area contributed by atoms with E-state index in [1.54, 1.807) is 0 Å². The van der Waals surface area contributed by atoms with Crippen molar-refractivity contribution in [3.63, 3.8) is 0 Å². The Bertz CT molecular complexity index is 233. The lowest BCUT2D eigenvalue weighted by molar-refractivity contribution is -0.0196. The van der Waals surface area contributed by atoms with Crippen molar-refractivity contribution >= 4 is 0 Å². The van der Waals surface area contributed by atoms with Gasteiger partial charge in [-0.3, -0.25) is 4.90 Å². The van der Waals surface area contributed by atoms with Crippen LogP contribution in [0.4, 0.5) is 8.78 Å². The number of methoxy groups -OCH3 is 1. The van der Waals surface area contributed by atoms with Crippen LogP contribution in [0.2, 0.25) is 0 Å². The molecule has 2 rings (SSSR count). The molecule has 0 aromatic carbocycles. The van der Waals surface area contributed by atoms with Crippen molar-refractivity contribution in [2.45, 2.75) is 40.0 Å². The van der Waals surface area contributed by atoms with E-state index in [0.29, 0.717) is 19.8 Å². The van der Waals surface area contributed by atoms with Gasteiger partial charge < -0.3 is 9.47 Å². The van der Waals surface area contributed by atoms with Gasteiger partial charge in [0.1, 0.15) is 0 Å². The monoisotopic (exact) mass is 281 g/mol. The predicted octanol–water partition coefficient (Wildman–Crippen LogP) is 3.04. The predicted molar refractivity (Wildman–Crippen MR) is 73.8 cm³/mol. The first-order valence-corrected chi connectivity index (χ1v) is 7.27. The molecule has 0 bridgehead atoms. The fraction of sp³-hybridized carbons (Fsp3) is 1.00. The maximum Gasteiger partial charge on any atom is 0.258 e. The molecule has 1 aliphatic heterocycles. The molecule has 1 heterocycles. The number of morpholine rings is 1. The van der Waals surface area contributed by atoms with Crippen molar-refractivity contribution < 1.29 is 18.3 Å². The summed E-state index contributed by atoms with van der Waals surface area (Å²) in [6, 6.07) is 0. The highest BCUT2D eigenvalue weighted by molar-refractivity contribution is 5.11. The van der Waals surface area contributed by atoms with E-state index in [4.69, 9.17) is 9.47 Å². The summed E-state index contributed by atoms with van der Waals surface area (Å²) in [4.78, 5) is 2.05. The van der Waals surface area contributed by atoms with Crippen LogP contribution in [0.1, 0.15) is 34.1 Å². The number of rotatable bonds is 4. The normalized spacial score (nSPS) is 28.6. The van der Waals surface area contributed by atoms with E-state index in [-0.39, 0.29) is 13.0 Å². The van der Waals surface area contributed by atoms with Gasteiger partial charge in [0.15, 0.2) is 0 Å². The van der Waals surface area contributed by atoms with Gasteiger partial charge in [0.2, 0.25) is 0 Å². The van der Waals surface area contributed by atoms with Gasteiger partial charge in [0, 0.05) is 33.2 Å². The van der Waals surface area contributed by atoms with Crippen molar-refractivity contribution in [1.82, 2.24) is 4.90 Å². The van der Waals surface area contributed by atoms with Gasteiger partial charge in [0.05, 0.1) is 25.2 Å². The van der Waals surface area contributed by atoms with Gasteiger partial charge in [-0.05, 0) is 0 Å². The SMILES string of the molecule is CC.CC.COCC1(CN2CCOCC2)CC1(F)F. The first kappa shape index (κ1) is 18.7. The van der Waals surface area contributed by atoms with E-state index in [0.717, 1.165) is 13.1 Å². The molecule has 19 heavy (non-hydrogen) atoms. The van der Waals surface area contributed by atoms with Crippen LogP contribution in [0.15, 0.2) is 0 Å². The number of hydrogen-bond donors (Lipinski definition) is 0. The first-order chi connectivity index (χ1) is 9.10. The molecule has 1 unspecified atom stereocenters. The zero-order valence-corrected chi connectivity index (χ0v) is 13.0. The smallest absolute Gasteiger partial charge is 0.258 e. The number of halogens is 2. The molecule has 1 aliphatic carbocycles. The van der Waals surface area contributed by atoms with Crippen molar-refractivity contribution in [2.75, 3.05) is 46.6 Å². The molecule has 1 saturated carbocycles. The second-order valence-electron chi connectivity index (χ2n) is 4.48. The Morgan fingerprint density at radius 2 is 1.58 bits per heavy atom. The quantitative estimate of drug-likeness (QED) is 0.790. The second-order valence-corrected chi connectivity index (χ2v) is 4.48. The van der Waals surface area contributed by atoms with Crippen molar-refractivity contribution in [1.29, 1.82) is 0 Å². The van der Waals surface area contributed by atoms with Gasteiger partial charge in [-0.25, -0.2) is 8.78 Å². The van der Waals surface area contributed by atoms with Crippen LogP contribution in [0, 0.1) is 5.41 Å². The molecule has 0 amide bonds. The summed E-state index contributed by atoms with van der Waals surface area (Å²) in [6.07, 6.45) is -0.0365. The van der Waals surface area contributed by atoms with Crippen molar-refractivity contribution in [3.05, 3.63) is 0 Å². The molecule has 5 heteroatoms. The van der Waals surface area contributed by atoms with Crippen LogP contribution >= 0.6 is 0 Å². The molecule has 2 aliphatic rings. The van der Waals surface area contributed by atoms with Gasteiger partial charge in [0.25, 0.3) is 5.92 Å². The fourth-order valence-electron chi connectivity index (χ4n) is 2.22. The minimum atomic E-state index is -2.54. The molecular formula is C14H29F2NO2. The summed E-state index contributed by atoms with van der Waals surface area (Å²) in [5.74, 6) is -2.54. The molecule has 2 fully saturated rings. The summed E-state index contributed by atoms with van der Waals surface area (Å²) in [5.41, 5.74) is -0.931. The highest BCUT2D eigenvalue weighted by Gasteiger charge is 2.71. The van der Waals surface area contributed by atoms with Gasteiger partial charge >= 0.3 is 0 Å². The van der Waals surface area contributed by atoms with Crippen LogP contribution in [0.5, 0.6) is 0 Å². The van der Waals surface area contributed by atoms with Crippen LogP contribution in [-0.4, -0.2) is 57.4 Å². The van der Waals surface area contributed by atoms with Crippen LogP contribution < -0.4 is 0 Å². The third-order valence-corrected chi connectivity index (χ3v) is 3.26. The van der Waals surface area contributed by atoms with E-state index in [1.165, 1.54) is 7.11 Å². The Morgan fingerprint density at radius 3 is 1.95 bits per heavy atom. The van der Waals surface area contributed by atoms with Gasteiger partial charge in [-0.2, -0.15) is 0 Å². The van der Waals surface area contributed by atoms with E-state index < -0.39 is 11.3 Å². The molecule has 0 spiro atoms. The summed E-state index contributed by atoms with van der Waals surface area (Å²) in [7, 11) is 1.48. The Hall–Kier alpha value is -0.260. The third kappa shape index (κ3) is 4.97. The lowest BCUT2D eigenvalue weighted by atomic mass is 10.1. The fourth-order valence-corrected chi connectivity index (χ4v) is 2.22. The van der Waals surface area contributed by atoms with Crippen LogP contribution in [0.3, 0.4) is 0 Å². The van der Waals surface area contributed by atoms with E-state index in [2.05, 4.69) is 0 Å². The molecule has 0 aromatic heterocycles. The third-order valence-electron chi connectivity index (χ3n) is 3.26. The van der Waals surface area contributed by atoms with E-state index in [9.17, 15) is 8.78 Å². The topological polar surface area (TPSA) is 21.7 Å². The highest BCUT2D eigenvalue weighted by Crippen LogP contribution is 2.60. The average Bonchev–Trinajstić information content (AvgIpc) is 2.96. The summed E-state index contributed by atoms with van der Waals surface area (Å²) < 4.78 is 36.6. The zero-order chi connectivity index (χ0) is 14.9. The Morgan fingerprint density at radius 1 is 1.11 bits per heavy atom. The number of hydrogen-bond acceptors (Lipinski definition) is 3. The van der Waals surface area contributed by atoms with Gasteiger partial charge in [-0.15, -0.1) is 0 Å². The van der Waals surface area contributed by atoms with Crippen LogP contribution in [0.25, 0.3) is 0 Å². The Kier molecular flexibility index (Phi) is 8.70. The molecule has 0 radical (unpaired) electrons. The lowest BCUT2D eigenvalue weighted by Crippen LogP contribution is -2.42. The largest absolute Gasteiger partial charge is 0.384 e. The molecule has 116 valence electrons. The Balaban J connectivity index is 0.000000741. The minimum Gasteiger partial charge on any atom is -0.384 e. The van der Waals surface area contributed by atoms with E-state index in [1.807, 2.05) is 32.6 Å².